The molecule has 6 nitrogen and oxygen atoms in total. The summed E-state index contributed by atoms with van der Waals surface area (Å²) < 4.78 is 10.8. The Morgan fingerprint density at radius 3 is 2.73 bits per heavy atom. The Kier molecular flexibility index (Phi) is 3.60. The molecule has 0 fully saturated rings. The van der Waals surface area contributed by atoms with Gasteiger partial charge in [-0.3, -0.25) is 14.4 Å². The predicted molar refractivity (Wildman–Crippen MR) is 75.0 cm³/mol. The van der Waals surface area contributed by atoms with E-state index in [0.717, 1.165) is 0 Å². The second-order valence-corrected chi connectivity index (χ2v) is 5.69. The lowest BCUT2D eigenvalue weighted by Crippen LogP contribution is -2.36. The van der Waals surface area contributed by atoms with Crippen molar-refractivity contribution in [2.45, 2.75) is 44.8 Å². The van der Waals surface area contributed by atoms with Crippen LogP contribution in [0.3, 0.4) is 0 Å². The van der Waals surface area contributed by atoms with Gasteiger partial charge in [-0.05, 0) is 25.0 Å². The average molecular weight is 304 g/mol. The van der Waals surface area contributed by atoms with E-state index in [4.69, 9.17) is 9.47 Å². The van der Waals surface area contributed by atoms with Crippen LogP contribution in [0.2, 0.25) is 0 Å². The third-order valence-electron chi connectivity index (χ3n) is 3.91. The monoisotopic (exact) mass is 304 g/mol. The summed E-state index contributed by atoms with van der Waals surface area (Å²) in [6.07, 6.45) is -0.802. The van der Waals surface area contributed by atoms with Gasteiger partial charge in [0.05, 0.1) is 24.5 Å². The van der Waals surface area contributed by atoms with Crippen LogP contribution in [0.25, 0.3) is 0 Å². The summed E-state index contributed by atoms with van der Waals surface area (Å²) >= 11 is 0. The van der Waals surface area contributed by atoms with E-state index in [1.165, 1.54) is 12.1 Å². The predicted octanol–water partition coefficient (Wildman–Crippen LogP) is 1.56. The lowest BCUT2D eigenvalue weighted by Gasteiger charge is -2.27. The quantitative estimate of drug-likeness (QED) is 0.732. The van der Waals surface area contributed by atoms with Crippen molar-refractivity contribution in [2.75, 3.05) is 0 Å². The molecule has 1 N–H and O–H groups in total. The minimum Gasteiger partial charge on any atom is -0.508 e. The van der Waals surface area contributed by atoms with Gasteiger partial charge in [0.2, 0.25) is 0 Å². The number of ketones is 2. The highest BCUT2D eigenvalue weighted by Gasteiger charge is 2.34. The number of rotatable bonds is 0. The van der Waals surface area contributed by atoms with Gasteiger partial charge < -0.3 is 14.6 Å². The summed E-state index contributed by atoms with van der Waals surface area (Å²) in [5, 5.41) is 9.76. The number of benzene rings is 1. The van der Waals surface area contributed by atoms with Gasteiger partial charge >= 0.3 is 5.97 Å². The summed E-state index contributed by atoms with van der Waals surface area (Å²) in [4.78, 5) is 36.5. The van der Waals surface area contributed by atoms with Gasteiger partial charge in [0.15, 0.2) is 17.7 Å². The number of carbonyl (C=O) groups is 3. The van der Waals surface area contributed by atoms with E-state index in [0.29, 0.717) is 12.0 Å². The molecular weight excluding hydrogens is 288 g/mol. The standard InChI is InChI=1S/C16H16O6/c1-8-2-3-11(18)13-7-12(19)16-9(5-15(20)21-8)4-10(17)6-14(16)22-13/h4,6,8,13,17H,2-3,5,7H2,1H3. The molecule has 0 saturated heterocycles. The van der Waals surface area contributed by atoms with Gasteiger partial charge in [-0.25, -0.2) is 0 Å². The number of hydrogen-bond donors (Lipinski definition) is 1. The van der Waals surface area contributed by atoms with Gasteiger partial charge in [-0.1, -0.05) is 0 Å². The summed E-state index contributed by atoms with van der Waals surface area (Å²) in [6, 6.07) is 2.66. The summed E-state index contributed by atoms with van der Waals surface area (Å²) in [5.41, 5.74) is 0.621. The maximum absolute atomic E-state index is 12.3. The van der Waals surface area contributed by atoms with Crippen molar-refractivity contribution in [1.82, 2.24) is 0 Å². The molecule has 3 aliphatic rings. The highest BCUT2D eigenvalue weighted by Crippen LogP contribution is 2.35. The number of phenolic OH excluding ortho intramolecular Hbond substituents is 1. The molecule has 2 atom stereocenters. The van der Waals surface area contributed by atoms with Gasteiger partial charge in [0.1, 0.15) is 11.5 Å². The van der Waals surface area contributed by atoms with Gasteiger partial charge in [0.25, 0.3) is 0 Å². The number of ether oxygens (including phenoxy) is 2. The van der Waals surface area contributed by atoms with E-state index in [-0.39, 0.29) is 54.0 Å². The lowest BCUT2D eigenvalue weighted by molar-refractivity contribution is -0.148. The normalized spacial score (nSPS) is 25.0. The molecule has 22 heavy (non-hydrogen) atoms. The highest BCUT2D eigenvalue weighted by molar-refractivity contribution is 6.05. The maximum atomic E-state index is 12.3. The summed E-state index contributed by atoms with van der Waals surface area (Å²) in [5.74, 6) is -0.912. The van der Waals surface area contributed by atoms with Gasteiger partial charge in [-0.15, -0.1) is 0 Å². The van der Waals surface area contributed by atoms with E-state index in [1.807, 2.05) is 0 Å². The van der Waals surface area contributed by atoms with Gasteiger partial charge in [0, 0.05) is 12.5 Å². The lowest BCUT2D eigenvalue weighted by atomic mass is 9.91. The molecule has 0 aliphatic carbocycles. The molecule has 6 heteroatoms. The van der Waals surface area contributed by atoms with Crippen molar-refractivity contribution in [3.05, 3.63) is 23.3 Å². The van der Waals surface area contributed by atoms with Crippen LogP contribution >= 0.6 is 0 Å². The molecule has 4 rings (SSSR count). The molecule has 0 aromatic heterocycles. The maximum Gasteiger partial charge on any atom is 0.310 e. The fourth-order valence-electron chi connectivity index (χ4n) is 2.84. The van der Waals surface area contributed by atoms with Crippen LogP contribution in [-0.4, -0.2) is 34.9 Å². The number of esters is 1. The van der Waals surface area contributed by atoms with E-state index in [9.17, 15) is 19.5 Å². The van der Waals surface area contributed by atoms with E-state index >= 15 is 0 Å². The largest absolute Gasteiger partial charge is 0.508 e. The Bertz CT molecular complexity index is 663. The second kappa shape index (κ2) is 5.44. The van der Waals surface area contributed by atoms with Crippen molar-refractivity contribution in [3.8, 4) is 11.5 Å². The molecule has 0 amide bonds. The van der Waals surface area contributed by atoms with E-state index < -0.39 is 12.1 Å². The first kappa shape index (κ1) is 14.6. The Morgan fingerprint density at radius 2 is 1.95 bits per heavy atom. The van der Waals surface area contributed by atoms with Gasteiger partial charge in [-0.2, -0.15) is 0 Å². The topological polar surface area (TPSA) is 89.9 Å². The van der Waals surface area contributed by atoms with Crippen molar-refractivity contribution >= 4 is 17.5 Å². The first-order valence-electron chi connectivity index (χ1n) is 7.22. The Morgan fingerprint density at radius 1 is 1.18 bits per heavy atom. The first-order chi connectivity index (χ1) is 10.4. The van der Waals surface area contributed by atoms with Crippen molar-refractivity contribution in [3.63, 3.8) is 0 Å². The van der Waals surface area contributed by atoms with Crippen LogP contribution in [0.15, 0.2) is 12.1 Å². The van der Waals surface area contributed by atoms with Crippen molar-refractivity contribution < 1.29 is 29.0 Å². The number of phenols is 1. The first-order valence-corrected chi connectivity index (χ1v) is 7.22. The molecule has 0 radical (unpaired) electrons. The average Bonchev–Trinajstić information content (AvgIpc) is 2.42. The molecular formula is C16H16O6. The van der Waals surface area contributed by atoms with Crippen LogP contribution in [0.1, 0.15) is 42.1 Å². The summed E-state index contributed by atoms with van der Waals surface area (Å²) in [7, 11) is 0. The number of carbonyl (C=O) groups excluding carboxylic acids is 3. The van der Waals surface area contributed by atoms with Crippen molar-refractivity contribution in [2.24, 2.45) is 0 Å². The fraction of sp³-hybridized carbons (Fsp3) is 0.438. The SMILES string of the molecule is CC1CCC(=O)C2CC(=O)c3c(cc(O)cc3O2)CC(=O)O1. The Hall–Kier alpha value is -2.37. The molecule has 1 aromatic carbocycles. The van der Waals surface area contributed by atoms with Crippen LogP contribution in [0.4, 0.5) is 0 Å². The Labute approximate surface area is 127 Å². The number of fused-ring (bicyclic) bond motifs is 7. The van der Waals surface area contributed by atoms with Crippen LogP contribution in [0, 0.1) is 0 Å². The minimum atomic E-state index is -0.836. The Balaban J connectivity index is 2.09. The number of hydrogen-bond acceptors (Lipinski definition) is 6. The zero-order chi connectivity index (χ0) is 15.9. The van der Waals surface area contributed by atoms with Crippen LogP contribution < -0.4 is 4.74 Å². The molecule has 2 unspecified atom stereocenters. The third-order valence-corrected chi connectivity index (χ3v) is 3.91. The summed E-state index contributed by atoms with van der Waals surface area (Å²) in [6.45, 7) is 1.72. The molecule has 0 spiro atoms. The smallest absolute Gasteiger partial charge is 0.310 e. The highest BCUT2D eigenvalue weighted by atomic mass is 16.5. The molecule has 4 bridgehead atoms. The fourth-order valence-corrected chi connectivity index (χ4v) is 2.84. The zero-order valence-corrected chi connectivity index (χ0v) is 12.1. The van der Waals surface area contributed by atoms with E-state index in [1.54, 1.807) is 6.92 Å². The van der Waals surface area contributed by atoms with E-state index in [2.05, 4.69) is 0 Å². The zero-order valence-electron chi connectivity index (χ0n) is 12.1. The van der Waals surface area contributed by atoms with Crippen LogP contribution in [0.5, 0.6) is 11.5 Å². The molecule has 116 valence electrons. The second-order valence-electron chi connectivity index (χ2n) is 5.69. The van der Waals surface area contributed by atoms with Crippen LogP contribution in [-0.2, 0) is 20.7 Å². The third kappa shape index (κ3) is 2.68. The molecule has 3 aliphatic heterocycles. The molecule has 0 saturated carbocycles. The molecule has 3 heterocycles. The number of aromatic hydroxyl groups is 1. The van der Waals surface area contributed by atoms with Crippen molar-refractivity contribution in [1.29, 1.82) is 0 Å². The molecule has 1 aromatic rings. The number of Topliss-reactive ketones (excluding diaryl/α,β-unsaturated/α-hetero) is 2. The minimum absolute atomic E-state index is 0.0347.